The summed E-state index contributed by atoms with van der Waals surface area (Å²) in [5.41, 5.74) is 3.74. The molecule has 0 aliphatic rings. The molecule has 0 atom stereocenters. The number of carbonyl (C=O) groups excluding carboxylic acids is 1. The van der Waals surface area contributed by atoms with Gasteiger partial charge in [-0.15, -0.1) is 5.10 Å². The fourth-order valence-corrected chi connectivity index (χ4v) is 3.10. The Labute approximate surface area is 149 Å². The first-order chi connectivity index (χ1) is 12.5. The van der Waals surface area contributed by atoms with Gasteiger partial charge in [-0.3, -0.25) is 4.79 Å². The van der Waals surface area contributed by atoms with Crippen LogP contribution in [0.5, 0.6) is 0 Å². The van der Waals surface area contributed by atoms with Gasteiger partial charge < -0.3 is 9.88 Å². The van der Waals surface area contributed by atoms with Crippen LogP contribution in [0.25, 0.3) is 16.8 Å². The van der Waals surface area contributed by atoms with Crippen molar-refractivity contribution in [2.24, 2.45) is 0 Å². The number of para-hydroxylation sites is 2. The molecule has 0 saturated carbocycles. The first-order valence-corrected chi connectivity index (χ1v) is 8.44. The topological polar surface area (TPSA) is 90.0 Å². The third kappa shape index (κ3) is 2.79. The largest absolute Gasteiger partial charge is 0.347 e. The Morgan fingerprint density at radius 1 is 1.12 bits per heavy atom. The number of nitrogens with zero attached hydrogens (tertiary/aromatic N) is 6. The lowest BCUT2D eigenvalue weighted by molar-refractivity contribution is 0.0942. The number of rotatable bonds is 4. The Morgan fingerprint density at radius 3 is 2.77 bits per heavy atom. The first kappa shape index (κ1) is 16.2. The monoisotopic (exact) mass is 349 g/mol. The SMILES string of the molecule is Cc1cc(C)n2nc(C(=O)NCCn3c(C)nc4ccccc43)nc2n1. The predicted octanol–water partition coefficient (Wildman–Crippen LogP) is 1.83. The van der Waals surface area contributed by atoms with Crippen LogP contribution >= 0.6 is 0 Å². The lowest BCUT2D eigenvalue weighted by atomic mass is 10.3. The maximum Gasteiger partial charge on any atom is 0.291 e. The van der Waals surface area contributed by atoms with Crippen molar-refractivity contribution in [1.29, 1.82) is 0 Å². The minimum Gasteiger partial charge on any atom is -0.347 e. The number of hydrogen-bond donors (Lipinski definition) is 1. The molecule has 8 heteroatoms. The summed E-state index contributed by atoms with van der Waals surface area (Å²) in [7, 11) is 0. The van der Waals surface area contributed by atoms with E-state index < -0.39 is 0 Å². The van der Waals surface area contributed by atoms with Gasteiger partial charge in [0.15, 0.2) is 0 Å². The highest BCUT2D eigenvalue weighted by molar-refractivity contribution is 5.90. The summed E-state index contributed by atoms with van der Waals surface area (Å²) in [4.78, 5) is 25.4. The lowest BCUT2D eigenvalue weighted by Gasteiger charge is -2.07. The number of aryl methyl sites for hydroxylation is 3. The Balaban J connectivity index is 1.49. The number of benzene rings is 1. The Kier molecular flexibility index (Phi) is 3.87. The smallest absolute Gasteiger partial charge is 0.291 e. The average Bonchev–Trinajstić information content (AvgIpc) is 3.16. The van der Waals surface area contributed by atoms with E-state index in [4.69, 9.17) is 0 Å². The van der Waals surface area contributed by atoms with Gasteiger partial charge in [-0.25, -0.2) is 14.5 Å². The molecule has 1 aromatic carbocycles. The van der Waals surface area contributed by atoms with E-state index in [2.05, 4.69) is 29.9 Å². The number of hydrogen-bond acceptors (Lipinski definition) is 5. The molecule has 0 spiro atoms. The summed E-state index contributed by atoms with van der Waals surface area (Å²) < 4.78 is 3.66. The van der Waals surface area contributed by atoms with Crippen molar-refractivity contribution in [3.63, 3.8) is 0 Å². The van der Waals surface area contributed by atoms with Crippen molar-refractivity contribution in [2.45, 2.75) is 27.3 Å². The number of carbonyl (C=O) groups is 1. The standard InChI is InChI=1S/C18H19N7O/c1-11-10-12(2)25-18(20-11)22-16(23-25)17(26)19-8-9-24-13(3)21-14-6-4-5-7-15(14)24/h4-7,10H,8-9H2,1-3H3,(H,19,26). The van der Waals surface area contributed by atoms with E-state index in [0.29, 0.717) is 18.9 Å². The maximum atomic E-state index is 12.4. The molecule has 3 aromatic heterocycles. The fraction of sp³-hybridized carbons (Fsp3) is 0.278. The molecule has 26 heavy (non-hydrogen) atoms. The van der Waals surface area contributed by atoms with Crippen LogP contribution < -0.4 is 5.32 Å². The van der Waals surface area contributed by atoms with Crippen LogP contribution in [0.15, 0.2) is 30.3 Å². The maximum absolute atomic E-state index is 12.4. The van der Waals surface area contributed by atoms with E-state index in [1.807, 2.05) is 51.1 Å². The highest BCUT2D eigenvalue weighted by Crippen LogP contribution is 2.14. The van der Waals surface area contributed by atoms with Gasteiger partial charge in [0.05, 0.1) is 11.0 Å². The predicted molar refractivity (Wildman–Crippen MR) is 97.1 cm³/mol. The van der Waals surface area contributed by atoms with Crippen molar-refractivity contribution in [3.05, 3.63) is 53.4 Å². The molecule has 0 bridgehead atoms. The second-order valence-electron chi connectivity index (χ2n) is 6.24. The van der Waals surface area contributed by atoms with E-state index in [-0.39, 0.29) is 11.7 Å². The Hall–Kier alpha value is -3.29. The summed E-state index contributed by atoms with van der Waals surface area (Å²) in [6, 6.07) is 9.85. The third-order valence-corrected chi connectivity index (χ3v) is 4.29. The van der Waals surface area contributed by atoms with Gasteiger partial charge in [0.25, 0.3) is 11.7 Å². The number of aromatic nitrogens is 6. The summed E-state index contributed by atoms with van der Waals surface area (Å²) in [5, 5.41) is 7.12. The minimum atomic E-state index is -0.311. The second kappa shape index (κ2) is 6.21. The van der Waals surface area contributed by atoms with Crippen molar-refractivity contribution in [3.8, 4) is 0 Å². The molecule has 0 radical (unpaired) electrons. The number of fused-ring (bicyclic) bond motifs is 2. The minimum absolute atomic E-state index is 0.124. The molecule has 8 nitrogen and oxygen atoms in total. The molecule has 0 aliphatic carbocycles. The highest BCUT2D eigenvalue weighted by atomic mass is 16.2. The lowest BCUT2D eigenvalue weighted by Crippen LogP contribution is -2.28. The van der Waals surface area contributed by atoms with Gasteiger partial charge in [-0.2, -0.15) is 4.98 Å². The van der Waals surface area contributed by atoms with Crippen LogP contribution in [0, 0.1) is 20.8 Å². The van der Waals surface area contributed by atoms with E-state index in [1.54, 1.807) is 4.52 Å². The zero-order valence-electron chi connectivity index (χ0n) is 14.9. The van der Waals surface area contributed by atoms with E-state index in [9.17, 15) is 4.79 Å². The quantitative estimate of drug-likeness (QED) is 0.607. The summed E-state index contributed by atoms with van der Waals surface area (Å²) in [5.74, 6) is 1.17. The summed E-state index contributed by atoms with van der Waals surface area (Å²) >= 11 is 0. The van der Waals surface area contributed by atoms with Crippen molar-refractivity contribution >= 4 is 22.7 Å². The molecule has 0 fully saturated rings. The molecule has 4 aromatic rings. The molecular formula is C18H19N7O. The zero-order chi connectivity index (χ0) is 18.3. The van der Waals surface area contributed by atoms with Crippen molar-refractivity contribution in [1.82, 2.24) is 34.4 Å². The van der Waals surface area contributed by atoms with Crippen molar-refractivity contribution < 1.29 is 4.79 Å². The van der Waals surface area contributed by atoms with Crippen LogP contribution in [-0.2, 0) is 6.54 Å². The molecule has 3 heterocycles. The number of imidazole rings is 1. The van der Waals surface area contributed by atoms with E-state index >= 15 is 0 Å². The van der Waals surface area contributed by atoms with Crippen LogP contribution in [0.4, 0.5) is 0 Å². The normalized spacial score (nSPS) is 11.3. The molecule has 0 saturated heterocycles. The highest BCUT2D eigenvalue weighted by Gasteiger charge is 2.15. The molecular weight excluding hydrogens is 330 g/mol. The Morgan fingerprint density at radius 2 is 1.92 bits per heavy atom. The molecule has 0 unspecified atom stereocenters. The van der Waals surface area contributed by atoms with Crippen molar-refractivity contribution in [2.75, 3.05) is 6.54 Å². The van der Waals surface area contributed by atoms with Gasteiger partial charge in [0, 0.05) is 24.5 Å². The van der Waals surface area contributed by atoms with Gasteiger partial charge >= 0.3 is 0 Å². The fourth-order valence-electron chi connectivity index (χ4n) is 3.10. The van der Waals surface area contributed by atoms with E-state index in [1.165, 1.54) is 0 Å². The molecule has 1 N–H and O–H groups in total. The van der Waals surface area contributed by atoms with Gasteiger partial charge in [0.1, 0.15) is 5.82 Å². The molecule has 1 amide bonds. The van der Waals surface area contributed by atoms with Gasteiger partial charge in [-0.05, 0) is 39.0 Å². The second-order valence-corrected chi connectivity index (χ2v) is 6.24. The average molecular weight is 349 g/mol. The zero-order valence-corrected chi connectivity index (χ0v) is 14.9. The molecule has 0 aliphatic heterocycles. The molecule has 132 valence electrons. The number of nitrogens with one attached hydrogen (secondary N) is 1. The Bertz CT molecular complexity index is 1130. The van der Waals surface area contributed by atoms with Crippen LogP contribution in [-0.4, -0.2) is 41.6 Å². The van der Waals surface area contributed by atoms with Crippen LogP contribution in [0.3, 0.4) is 0 Å². The summed E-state index contributed by atoms with van der Waals surface area (Å²) in [6.07, 6.45) is 0. The van der Waals surface area contributed by atoms with E-state index in [0.717, 1.165) is 28.2 Å². The first-order valence-electron chi connectivity index (χ1n) is 8.44. The van der Waals surface area contributed by atoms with Crippen LogP contribution in [0.2, 0.25) is 0 Å². The summed E-state index contributed by atoms with van der Waals surface area (Å²) in [6.45, 7) is 6.84. The number of amides is 1. The van der Waals surface area contributed by atoms with Gasteiger partial charge in [-0.1, -0.05) is 12.1 Å². The third-order valence-electron chi connectivity index (χ3n) is 4.29. The van der Waals surface area contributed by atoms with Crippen LogP contribution in [0.1, 0.15) is 27.8 Å². The molecule has 4 rings (SSSR count). The van der Waals surface area contributed by atoms with Gasteiger partial charge in [0.2, 0.25) is 5.82 Å².